The molecule has 1 heterocycles. The lowest BCUT2D eigenvalue weighted by molar-refractivity contribution is -0.127. The van der Waals surface area contributed by atoms with Crippen LogP contribution in [0.4, 0.5) is 5.69 Å². The van der Waals surface area contributed by atoms with E-state index in [9.17, 15) is 9.59 Å². The zero-order valence-corrected chi connectivity index (χ0v) is 21.3. The number of carbonyl (C=O) groups excluding carboxylic acids is 2. The molecule has 7 heteroatoms. The summed E-state index contributed by atoms with van der Waals surface area (Å²) in [6, 6.07) is 22.1. The lowest BCUT2D eigenvalue weighted by atomic mass is 10.0. The second kappa shape index (κ2) is 11.2. The zero-order chi connectivity index (χ0) is 25.7. The molecule has 0 aliphatic rings. The first-order valence-electron chi connectivity index (χ1n) is 12.4. The van der Waals surface area contributed by atoms with E-state index < -0.39 is 6.04 Å². The number of nitrogens with one attached hydrogen (secondary N) is 1. The second-order valence-corrected chi connectivity index (χ2v) is 9.58. The summed E-state index contributed by atoms with van der Waals surface area (Å²) >= 11 is 0. The summed E-state index contributed by atoms with van der Waals surface area (Å²) in [7, 11) is 0. The molecule has 0 saturated heterocycles. The molecular formula is C29H33N5O2. The van der Waals surface area contributed by atoms with Gasteiger partial charge < -0.3 is 5.32 Å². The van der Waals surface area contributed by atoms with Gasteiger partial charge in [0.2, 0.25) is 11.8 Å². The molecule has 1 atom stereocenters. The van der Waals surface area contributed by atoms with E-state index in [1.807, 2.05) is 86.6 Å². The van der Waals surface area contributed by atoms with Crippen molar-refractivity contribution in [2.24, 2.45) is 5.92 Å². The number of rotatable bonds is 9. The SMILES string of the molecule is Cc1ccc(C)c(N(C(=O)Cn2nnc3ccccc32)[C@@H](C(=O)NCCC(C)C)c2ccccc2)c1. The van der Waals surface area contributed by atoms with Crippen LogP contribution >= 0.6 is 0 Å². The van der Waals surface area contributed by atoms with Crippen molar-refractivity contribution in [2.75, 3.05) is 11.4 Å². The van der Waals surface area contributed by atoms with Crippen LogP contribution in [0.1, 0.15) is 43.0 Å². The van der Waals surface area contributed by atoms with Gasteiger partial charge in [-0.25, -0.2) is 4.68 Å². The first-order valence-corrected chi connectivity index (χ1v) is 12.4. The van der Waals surface area contributed by atoms with E-state index >= 15 is 0 Å². The number of aromatic nitrogens is 3. The van der Waals surface area contributed by atoms with Gasteiger partial charge in [-0.15, -0.1) is 5.10 Å². The molecule has 1 aromatic heterocycles. The summed E-state index contributed by atoms with van der Waals surface area (Å²) in [6.45, 7) is 8.68. The van der Waals surface area contributed by atoms with Crippen LogP contribution in [0, 0.1) is 19.8 Å². The minimum absolute atomic E-state index is 0.0451. The minimum Gasteiger partial charge on any atom is -0.354 e. The Morgan fingerprint density at radius 2 is 1.69 bits per heavy atom. The monoisotopic (exact) mass is 483 g/mol. The molecule has 0 aliphatic carbocycles. The lowest BCUT2D eigenvalue weighted by Gasteiger charge is -2.33. The van der Waals surface area contributed by atoms with Crippen LogP contribution in [0.2, 0.25) is 0 Å². The van der Waals surface area contributed by atoms with Crippen LogP contribution in [-0.4, -0.2) is 33.4 Å². The van der Waals surface area contributed by atoms with Gasteiger partial charge in [-0.3, -0.25) is 14.5 Å². The van der Waals surface area contributed by atoms with Crippen LogP contribution in [-0.2, 0) is 16.1 Å². The molecule has 0 aliphatic heterocycles. The molecule has 0 spiro atoms. The van der Waals surface area contributed by atoms with Gasteiger partial charge in [0.25, 0.3) is 0 Å². The number of carbonyl (C=O) groups is 2. The number of nitrogens with zero attached hydrogens (tertiary/aromatic N) is 4. The van der Waals surface area contributed by atoms with Crippen LogP contribution in [0.3, 0.4) is 0 Å². The fraction of sp³-hybridized carbons (Fsp3) is 0.310. The van der Waals surface area contributed by atoms with Crippen LogP contribution < -0.4 is 10.2 Å². The zero-order valence-electron chi connectivity index (χ0n) is 21.3. The van der Waals surface area contributed by atoms with E-state index in [1.54, 1.807) is 9.58 Å². The predicted octanol–water partition coefficient (Wildman–Crippen LogP) is 4.98. The molecule has 3 aromatic carbocycles. The van der Waals surface area contributed by atoms with Crippen molar-refractivity contribution in [2.45, 2.75) is 46.7 Å². The smallest absolute Gasteiger partial charge is 0.249 e. The van der Waals surface area contributed by atoms with Gasteiger partial charge in [0.1, 0.15) is 18.1 Å². The highest BCUT2D eigenvalue weighted by molar-refractivity contribution is 6.02. The van der Waals surface area contributed by atoms with Crippen molar-refractivity contribution in [1.29, 1.82) is 0 Å². The van der Waals surface area contributed by atoms with Crippen LogP contribution in [0.25, 0.3) is 11.0 Å². The Morgan fingerprint density at radius 3 is 2.44 bits per heavy atom. The molecule has 36 heavy (non-hydrogen) atoms. The highest BCUT2D eigenvalue weighted by Gasteiger charge is 2.34. The van der Waals surface area contributed by atoms with Gasteiger partial charge in [-0.05, 0) is 61.1 Å². The van der Waals surface area contributed by atoms with E-state index in [0.717, 1.165) is 34.1 Å². The number of anilines is 1. The third kappa shape index (κ3) is 5.62. The van der Waals surface area contributed by atoms with E-state index in [-0.39, 0.29) is 18.4 Å². The van der Waals surface area contributed by atoms with Crippen molar-refractivity contribution in [3.05, 3.63) is 89.5 Å². The molecule has 0 fully saturated rings. The molecule has 4 aromatic rings. The Morgan fingerprint density at radius 1 is 0.972 bits per heavy atom. The Labute approximate surface area is 212 Å². The maximum absolute atomic E-state index is 14.1. The van der Waals surface area contributed by atoms with Gasteiger partial charge in [-0.1, -0.05) is 73.7 Å². The van der Waals surface area contributed by atoms with E-state index in [0.29, 0.717) is 18.2 Å². The maximum Gasteiger partial charge on any atom is 0.249 e. The first kappa shape index (κ1) is 25.1. The highest BCUT2D eigenvalue weighted by Crippen LogP contribution is 2.32. The standard InChI is InChI=1S/C29H33N5O2/c1-20(2)16-17-30-29(36)28(23-10-6-5-7-11-23)34(26-18-21(3)14-15-22(26)4)27(35)19-33-25-13-9-8-12-24(25)31-32-33/h5-15,18,20,28H,16-17,19H2,1-4H3,(H,30,36)/t28-/m1/s1. The maximum atomic E-state index is 14.1. The summed E-state index contributed by atoms with van der Waals surface area (Å²) in [5, 5.41) is 11.5. The van der Waals surface area contributed by atoms with Gasteiger partial charge >= 0.3 is 0 Å². The molecule has 4 rings (SSSR count). The Bertz CT molecular complexity index is 1350. The van der Waals surface area contributed by atoms with E-state index in [2.05, 4.69) is 29.5 Å². The normalized spacial score (nSPS) is 12.0. The number of hydrogen-bond acceptors (Lipinski definition) is 4. The average Bonchev–Trinajstić information content (AvgIpc) is 3.27. The topological polar surface area (TPSA) is 80.1 Å². The summed E-state index contributed by atoms with van der Waals surface area (Å²) in [6.07, 6.45) is 0.857. The fourth-order valence-corrected chi connectivity index (χ4v) is 4.27. The summed E-state index contributed by atoms with van der Waals surface area (Å²) in [5.41, 5.74) is 4.86. The Balaban J connectivity index is 1.78. The predicted molar refractivity (Wildman–Crippen MR) is 143 cm³/mol. The molecule has 0 radical (unpaired) electrons. The molecule has 0 unspecified atom stereocenters. The largest absolute Gasteiger partial charge is 0.354 e. The quantitative estimate of drug-likeness (QED) is 0.364. The van der Waals surface area contributed by atoms with Gasteiger partial charge in [-0.2, -0.15) is 0 Å². The lowest BCUT2D eigenvalue weighted by Crippen LogP contribution is -2.46. The number of benzene rings is 3. The molecule has 186 valence electrons. The van der Waals surface area contributed by atoms with E-state index in [4.69, 9.17) is 0 Å². The Kier molecular flexibility index (Phi) is 7.78. The minimum atomic E-state index is -0.832. The molecule has 0 bridgehead atoms. The van der Waals surface area contributed by atoms with Crippen molar-refractivity contribution in [1.82, 2.24) is 20.3 Å². The van der Waals surface area contributed by atoms with Crippen molar-refractivity contribution < 1.29 is 9.59 Å². The summed E-state index contributed by atoms with van der Waals surface area (Å²) < 4.78 is 1.59. The number of aryl methyl sites for hydroxylation is 2. The summed E-state index contributed by atoms with van der Waals surface area (Å²) in [4.78, 5) is 29.4. The van der Waals surface area contributed by atoms with Gasteiger partial charge in [0.15, 0.2) is 0 Å². The van der Waals surface area contributed by atoms with Crippen molar-refractivity contribution in [3.8, 4) is 0 Å². The fourth-order valence-electron chi connectivity index (χ4n) is 4.27. The third-order valence-corrected chi connectivity index (χ3v) is 6.24. The number of amides is 2. The number of hydrogen-bond donors (Lipinski definition) is 1. The average molecular weight is 484 g/mol. The highest BCUT2D eigenvalue weighted by atomic mass is 16.2. The number of fused-ring (bicyclic) bond motifs is 1. The Hall–Kier alpha value is -4.00. The third-order valence-electron chi connectivity index (χ3n) is 6.24. The second-order valence-electron chi connectivity index (χ2n) is 9.58. The van der Waals surface area contributed by atoms with Crippen LogP contribution in [0.15, 0.2) is 72.8 Å². The van der Waals surface area contributed by atoms with Crippen molar-refractivity contribution in [3.63, 3.8) is 0 Å². The van der Waals surface area contributed by atoms with Gasteiger partial charge in [0, 0.05) is 12.2 Å². The van der Waals surface area contributed by atoms with Crippen LogP contribution in [0.5, 0.6) is 0 Å². The molecule has 2 amide bonds. The first-order chi connectivity index (χ1) is 17.3. The van der Waals surface area contributed by atoms with Gasteiger partial charge in [0.05, 0.1) is 5.52 Å². The molecule has 0 saturated carbocycles. The van der Waals surface area contributed by atoms with Crippen molar-refractivity contribution >= 4 is 28.5 Å². The molecular weight excluding hydrogens is 450 g/mol. The summed E-state index contributed by atoms with van der Waals surface area (Å²) in [5.74, 6) is 0.00425. The number of para-hydroxylation sites is 1. The molecule has 1 N–H and O–H groups in total. The molecule has 7 nitrogen and oxygen atoms in total. The van der Waals surface area contributed by atoms with E-state index in [1.165, 1.54) is 0 Å².